The Morgan fingerprint density at radius 1 is 1.50 bits per heavy atom. The molecule has 0 bridgehead atoms. The van der Waals surface area contributed by atoms with E-state index in [1.807, 2.05) is 11.3 Å². The average molecular weight is 265 g/mol. The highest BCUT2D eigenvalue weighted by atomic mass is 32.1. The van der Waals surface area contributed by atoms with Gasteiger partial charge in [0.15, 0.2) is 0 Å². The van der Waals surface area contributed by atoms with Crippen LogP contribution in [0.1, 0.15) is 51.3 Å². The highest BCUT2D eigenvalue weighted by molar-refractivity contribution is 7.09. The van der Waals surface area contributed by atoms with E-state index in [1.165, 1.54) is 37.0 Å². The van der Waals surface area contributed by atoms with Gasteiger partial charge < -0.3 is 5.32 Å². The number of nitrogens with one attached hydrogen (secondary N) is 1. The van der Waals surface area contributed by atoms with Crippen LogP contribution in [0.2, 0.25) is 0 Å². The van der Waals surface area contributed by atoms with Gasteiger partial charge in [0.1, 0.15) is 0 Å². The minimum absolute atomic E-state index is 0.517. The molecule has 0 aliphatic heterocycles. The summed E-state index contributed by atoms with van der Waals surface area (Å²) in [6, 6.07) is 5.13. The van der Waals surface area contributed by atoms with Gasteiger partial charge >= 0.3 is 0 Å². The van der Waals surface area contributed by atoms with Crippen LogP contribution >= 0.6 is 11.3 Å². The van der Waals surface area contributed by atoms with Gasteiger partial charge in [-0.25, -0.2) is 0 Å². The highest BCUT2D eigenvalue weighted by Crippen LogP contribution is 2.45. The summed E-state index contributed by atoms with van der Waals surface area (Å²) >= 11 is 1.90. The smallest absolute Gasteiger partial charge is 0.0149 e. The third-order valence-electron chi connectivity index (χ3n) is 4.48. The molecule has 1 aliphatic carbocycles. The van der Waals surface area contributed by atoms with Gasteiger partial charge in [0, 0.05) is 10.9 Å². The molecule has 1 aliphatic rings. The average Bonchev–Trinajstić information content (AvgIpc) is 2.93. The topological polar surface area (TPSA) is 12.0 Å². The number of hydrogen-bond donors (Lipinski definition) is 1. The zero-order valence-electron chi connectivity index (χ0n) is 12.0. The Hall–Kier alpha value is -0.340. The van der Waals surface area contributed by atoms with E-state index in [-0.39, 0.29) is 0 Å². The summed E-state index contributed by atoms with van der Waals surface area (Å²) < 4.78 is 0. The molecule has 1 N–H and O–H groups in total. The molecule has 0 saturated heterocycles. The van der Waals surface area contributed by atoms with Gasteiger partial charge in [0.05, 0.1) is 0 Å². The minimum atomic E-state index is 0.517. The molecule has 0 amide bonds. The molecule has 2 atom stereocenters. The first kappa shape index (κ1) is 14.1. The van der Waals surface area contributed by atoms with Crippen LogP contribution in [0.25, 0.3) is 0 Å². The Bertz CT molecular complexity index is 342. The molecule has 1 aromatic heterocycles. The molecule has 2 heteroatoms. The van der Waals surface area contributed by atoms with Gasteiger partial charge in [-0.3, -0.25) is 0 Å². The van der Waals surface area contributed by atoms with E-state index in [1.54, 1.807) is 0 Å². The quantitative estimate of drug-likeness (QED) is 0.799. The maximum absolute atomic E-state index is 3.81. The van der Waals surface area contributed by atoms with E-state index in [0.29, 0.717) is 11.5 Å². The second-order valence-electron chi connectivity index (χ2n) is 6.33. The van der Waals surface area contributed by atoms with Crippen molar-refractivity contribution >= 4 is 11.3 Å². The summed E-state index contributed by atoms with van der Waals surface area (Å²) in [6.45, 7) is 8.33. The Morgan fingerprint density at radius 3 is 2.89 bits per heavy atom. The second kappa shape index (κ2) is 6.21. The lowest BCUT2D eigenvalue weighted by atomic mass is 9.76. The first-order chi connectivity index (χ1) is 8.63. The second-order valence-corrected chi connectivity index (χ2v) is 7.36. The van der Waals surface area contributed by atoms with Crippen molar-refractivity contribution < 1.29 is 0 Å². The van der Waals surface area contributed by atoms with Crippen LogP contribution in [0.3, 0.4) is 0 Å². The minimum Gasteiger partial charge on any atom is -0.313 e. The largest absolute Gasteiger partial charge is 0.313 e. The maximum Gasteiger partial charge on any atom is 0.0149 e. The molecular weight excluding hydrogens is 238 g/mol. The fourth-order valence-electron chi connectivity index (χ4n) is 3.43. The van der Waals surface area contributed by atoms with Crippen molar-refractivity contribution in [1.82, 2.24) is 5.32 Å². The normalized spacial score (nSPS) is 24.3. The summed E-state index contributed by atoms with van der Waals surface area (Å²) in [6.07, 6.45) is 6.65. The Kier molecular flexibility index (Phi) is 4.85. The fraction of sp³-hybridized carbons (Fsp3) is 0.750. The van der Waals surface area contributed by atoms with Crippen LogP contribution in [0, 0.1) is 11.3 Å². The molecule has 0 radical (unpaired) electrons. The molecule has 1 aromatic rings. The van der Waals surface area contributed by atoms with Crippen LogP contribution in [-0.2, 0) is 6.42 Å². The SMILES string of the molecule is CCCNC(Cc1cccs1)C1CCCC1(C)C. The van der Waals surface area contributed by atoms with Crippen LogP contribution < -0.4 is 5.32 Å². The fourth-order valence-corrected chi connectivity index (χ4v) is 4.20. The summed E-state index contributed by atoms with van der Waals surface area (Å²) in [5.41, 5.74) is 0.517. The Labute approximate surface area is 116 Å². The lowest BCUT2D eigenvalue weighted by Gasteiger charge is -2.35. The van der Waals surface area contributed by atoms with Crippen LogP contribution in [0.4, 0.5) is 0 Å². The first-order valence-electron chi connectivity index (χ1n) is 7.39. The molecule has 102 valence electrons. The molecule has 2 rings (SSSR count). The van der Waals surface area contributed by atoms with E-state index >= 15 is 0 Å². The van der Waals surface area contributed by atoms with Crippen molar-refractivity contribution in [2.24, 2.45) is 11.3 Å². The number of rotatable bonds is 6. The lowest BCUT2D eigenvalue weighted by Crippen LogP contribution is -2.42. The third kappa shape index (κ3) is 3.36. The van der Waals surface area contributed by atoms with Gasteiger partial charge in [-0.15, -0.1) is 11.3 Å². The van der Waals surface area contributed by atoms with E-state index < -0.39 is 0 Å². The summed E-state index contributed by atoms with van der Waals surface area (Å²) in [5, 5.41) is 6.01. The van der Waals surface area contributed by atoms with Crippen LogP contribution in [0.5, 0.6) is 0 Å². The molecular formula is C16H27NS. The monoisotopic (exact) mass is 265 g/mol. The van der Waals surface area contributed by atoms with E-state index in [9.17, 15) is 0 Å². The third-order valence-corrected chi connectivity index (χ3v) is 5.38. The molecule has 2 unspecified atom stereocenters. The van der Waals surface area contributed by atoms with Gasteiger partial charge in [-0.2, -0.15) is 0 Å². The highest BCUT2D eigenvalue weighted by Gasteiger charge is 2.39. The summed E-state index contributed by atoms with van der Waals surface area (Å²) in [7, 11) is 0. The predicted octanol–water partition coefficient (Wildman–Crippen LogP) is 4.49. The summed E-state index contributed by atoms with van der Waals surface area (Å²) in [5.74, 6) is 0.839. The van der Waals surface area contributed by atoms with Gasteiger partial charge in [-0.1, -0.05) is 33.3 Å². The van der Waals surface area contributed by atoms with Crippen molar-refractivity contribution in [1.29, 1.82) is 0 Å². The van der Waals surface area contributed by atoms with Gasteiger partial charge in [-0.05, 0) is 55.0 Å². The van der Waals surface area contributed by atoms with Gasteiger partial charge in [0.25, 0.3) is 0 Å². The van der Waals surface area contributed by atoms with Crippen molar-refractivity contribution in [3.8, 4) is 0 Å². The van der Waals surface area contributed by atoms with Crippen LogP contribution in [0.15, 0.2) is 17.5 Å². The molecule has 1 nitrogen and oxygen atoms in total. The van der Waals surface area contributed by atoms with Crippen LogP contribution in [-0.4, -0.2) is 12.6 Å². The molecule has 18 heavy (non-hydrogen) atoms. The van der Waals surface area contributed by atoms with E-state index in [2.05, 4.69) is 43.6 Å². The van der Waals surface area contributed by atoms with E-state index in [4.69, 9.17) is 0 Å². The standard InChI is InChI=1S/C16H27NS/c1-4-10-17-15(12-13-7-6-11-18-13)14-8-5-9-16(14,2)3/h6-7,11,14-15,17H,4-5,8-10,12H2,1-3H3. The summed E-state index contributed by atoms with van der Waals surface area (Å²) in [4.78, 5) is 1.53. The van der Waals surface area contributed by atoms with Crippen molar-refractivity contribution in [2.45, 2.75) is 58.9 Å². The molecule has 1 saturated carbocycles. The predicted molar refractivity (Wildman–Crippen MR) is 81.2 cm³/mol. The molecule has 0 spiro atoms. The van der Waals surface area contributed by atoms with Crippen molar-refractivity contribution in [2.75, 3.05) is 6.54 Å². The zero-order valence-corrected chi connectivity index (χ0v) is 12.9. The number of thiophene rings is 1. The zero-order chi connectivity index (χ0) is 13.0. The molecule has 0 aromatic carbocycles. The van der Waals surface area contributed by atoms with E-state index in [0.717, 1.165) is 12.5 Å². The Morgan fingerprint density at radius 2 is 2.33 bits per heavy atom. The first-order valence-corrected chi connectivity index (χ1v) is 8.27. The van der Waals surface area contributed by atoms with Crippen molar-refractivity contribution in [3.05, 3.63) is 22.4 Å². The van der Waals surface area contributed by atoms with Gasteiger partial charge in [0.2, 0.25) is 0 Å². The lowest BCUT2D eigenvalue weighted by molar-refractivity contribution is 0.196. The maximum atomic E-state index is 3.81. The molecule has 1 heterocycles. The Balaban J connectivity index is 2.04. The molecule has 1 fully saturated rings. The van der Waals surface area contributed by atoms with Crippen molar-refractivity contribution in [3.63, 3.8) is 0 Å². The number of hydrogen-bond acceptors (Lipinski definition) is 2.